The number of aliphatic carboxylic acids is 4. The maximum Gasteiger partial charge on any atom is 0.349 e. The number of carboxylic acid groups (broad SMARTS) is 4. The molecule has 0 aliphatic carbocycles. The molecule has 11 heteroatoms. The molecule has 0 saturated heterocycles. The van der Waals surface area contributed by atoms with Gasteiger partial charge in [0.2, 0.25) is 5.60 Å². The largest absolute Gasteiger partial charge is 0.481 e. The quantitative estimate of drug-likeness (QED) is 0.299. The first-order chi connectivity index (χ1) is 9.50. The zero-order valence-electron chi connectivity index (χ0n) is 10.4. The van der Waals surface area contributed by atoms with Crippen LogP contribution in [0.15, 0.2) is 0 Å². The van der Waals surface area contributed by atoms with E-state index >= 15 is 0 Å². The molecule has 0 aromatic heterocycles. The van der Waals surface area contributed by atoms with Gasteiger partial charge in [-0.2, -0.15) is 0 Å². The lowest BCUT2D eigenvalue weighted by atomic mass is 9.95. The molecule has 0 saturated carbocycles. The van der Waals surface area contributed by atoms with Crippen LogP contribution in [0, 0.1) is 0 Å². The van der Waals surface area contributed by atoms with Gasteiger partial charge in [-0.05, 0) is 0 Å². The number of hydrogen-bond donors (Lipinski definition) is 5. The van der Waals surface area contributed by atoms with Gasteiger partial charge in [-0.1, -0.05) is 0 Å². The minimum absolute atomic E-state index is 1.16. The molecule has 0 radical (unpaired) electrons. The lowest BCUT2D eigenvalue weighted by Gasteiger charge is -2.26. The Bertz CT molecular complexity index is 450. The van der Waals surface area contributed by atoms with E-state index in [0.29, 0.717) is 0 Å². The number of hydrogen-bond acceptors (Lipinski definition) is 7. The number of ether oxygens (including phenoxy) is 1. The van der Waals surface area contributed by atoms with Crippen LogP contribution in [0.3, 0.4) is 0 Å². The monoisotopic (exact) mass is 308 g/mol. The number of aliphatic hydroxyl groups excluding tert-OH is 1. The SMILES string of the molecule is O=C(O)CC(CC(=O)O)(OC(=O)CC(O)C(=O)O)C(=O)O. The van der Waals surface area contributed by atoms with Crippen molar-refractivity contribution in [2.45, 2.75) is 31.0 Å². The summed E-state index contributed by atoms with van der Waals surface area (Å²) in [5, 5.41) is 43.4. The van der Waals surface area contributed by atoms with Crippen LogP contribution in [-0.4, -0.2) is 67.1 Å². The molecule has 1 atom stereocenters. The van der Waals surface area contributed by atoms with E-state index in [2.05, 4.69) is 4.74 Å². The van der Waals surface area contributed by atoms with Gasteiger partial charge in [0.15, 0.2) is 6.10 Å². The summed E-state index contributed by atoms with van der Waals surface area (Å²) in [6.45, 7) is 0. The molecule has 0 spiro atoms. The number of esters is 1. The second-order valence-corrected chi connectivity index (χ2v) is 3.97. The maximum atomic E-state index is 11.3. The van der Waals surface area contributed by atoms with Crippen LogP contribution >= 0.6 is 0 Å². The van der Waals surface area contributed by atoms with Crippen LogP contribution in [0.1, 0.15) is 19.3 Å². The predicted molar refractivity (Wildman–Crippen MR) is 59.2 cm³/mol. The highest BCUT2D eigenvalue weighted by Gasteiger charge is 2.47. The second kappa shape index (κ2) is 7.19. The number of aliphatic hydroxyl groups is 1. The highest BCUT2D eigenvalue weighted by Crippen LogP contribution is 2.23. The third-order valence-electron chi connectivity index (χ3n) is 2.22. The summed E-state index contributed by atoms with van der Waals surface area (Å²) in [5.41, 5.74) is -2.90. The highest BCUT2D eigenvalue weighted by molar-refractivity contribution is 5.91. The topological polar surface area (TPSA) is 196 Å². The van der Waals surface area contributed by atoms with Crippen molar-refractivity contribution in [2.75, 3.05) is 0 Å². The standard InChI is InChI=1S/C10H12O11/c11-4(8(17)18)1-7(16)21-10(9(19)20,2-5(12)13)3-6(14)15/h4,11H,1-3H2,(H,12,13)(H,14,15)(H,17,18)(H,19,20). The van der Waals surface area contributed by atoms with Crippen molar-refractivity contribution in [3.63, 3.8) is 0 Å². The van der Waals surface area contributed by atoms with Crippen molar-refractivity contribution in [1.29, 1.82) is 0 Å². The van der Waals surface area contributed by atoms with Crippen molar-refractivity contribution in [3.8, 4) is 0 Å². The molecule has 11 nitrogen and oxygen atoms in total. The first kappa shape index (κ1) is 18.3. The van der Waals surface area contributed by atoms with E-state index in [1.54, 1.807) is 0 Å². The first-order valence-corrected chi connectivity index (χ1v) is 5.30. The van der Waals surface area contributed by atoms with E-state index in [4.69, 9.17) is 25.5 Å². The Morgan fingerprint density at radius 3 is 1.62 bits per heavy atom. The van der Waals surface area contributed by atoms with Gasteiger partial charge in [-0.3, -0.25) is 14.4 Å². The lowest BCUT2D eigenvalue weighted by molar-refractivity contribution is -0.187. The molecule has 0 bridgehead atoms. The molecule has 118 valence electrons. The molecule has 0 aliphatic heterocycles. The number of carbonyl (C=O) groups is 5. The predicted octanol–water partition coefficient (Wildman–Crippen LogP) is -1.86. The number of carboxylic acids is 4. The van der Waals surface area contributed by atoms with Gasteiger partial charge in [0.1, 0.15) is 0 Å². The van der Waals surface area contributed by atoms with E-state index < -0.39 is 60.8 Å². The molecular formula is C10H12O11. The summed E-state index contributed by atoms with van der Waals surface area (Å²) < 4.78 is 4.32. The van der Waals surface area contributed by atoms with Crippen LogP contribution in [0.2, 0.25) is 0 Å². The fraction of sp³-hybridized carbons (Fsp3) is 0.500. The zero-order valence-corrected chi connectivity index (χ0v) is 10.4. The van der Waals surface area contributed by atoms with Crippen molar-refractivity contribution in [3.05, 3.63) is 0 Å². The average molecular weight is 308 g/mol. The molecule has 0 aromatic rings. The van der Waals surface area contributed by atoms with Crippen LogP contribution in [-0.2, 0) is 28.7 Å². The van der Waals surface area contributed by atoms with Gasteiger partial charge >= 0.3 is 29.8 Å². The number of carbonyl (C=O) groups excluding carboxylic acids is 1. The molecule has 0 amide bonds. The van der Waals surface area contributed by atoms with Crippen LogP contribution in [0.25, 0.3) is 0 Å². The van der Waals surface area contributed by atoms with Gasteiger partial charge in [-0.25, -0.2) is 9.59 Å². The summed E-state index contributed by atoms with van der Waals surface area (Å²) in [4.78, 5) is 54.0. The van der Waals surface area contributed by atoms with E-state index in [1.807, 2.05) is 0 Å². The minimum atomic E-state index is -2.90. The summed E-state index contributed by atoms with van der Waals surface area (Å²) in [6, 6.07) is 0. The van der Waals surface area contributed by atoms with E-state index in [0.717, 1.165) is 0 Å². The van der Waals surface area contributed by atoms with Crippen LogP contribution in [0.5, 0.6) is 0 Å². The summed E-state index contributed by atoms with van der Waals surface area (Å²) in [6.07, 6.45) is -6.05. The van der Waals surface area contributed by atoms with Crippen LogP contribution in [0.4, 0.5) is 0 Å². The molecule has 0 aliphatic rings. The zero-order chi connectivity index (χ0) is 16.8. The smallest absolute Gasteiger partial charge is 0.349 e. The molecule has 0 heterocycles. The van der Waals surface area contributed by atoms with Gasteiger partial charge in [0.05, 0.1) is 19.3 Å². The second-order valence-electron chi connectivity index (χ2n) is 3.97. The Labute approximate surface area is 116 Å². The Kier molecular flexibility index (Phi) is 6.27. The fourth-order valence-corrected chi connectivity index (χ4v) is 1.32. The summed E-state index contributed by atoms with van der Waals surface area (Å²) in [5.74, 6) is -8.86. The third kappa shape index (κ3) is 5.86. The van der Waals surface area contributed by atoms with Gasteiger partial charge in [0.25, 0.3) is 0 Å². The van der Waals surface area contributed by atoms with E-state index in [9.17, 15) is 24.0 Å². The molecular weight excluding hydrogens is 296 g/mol. The van der Waals surface area contributed by atoms with Gasteiger partial charge in [0, 0.05) is 0 Å². The lowest BCUT2D eigenvalue weighted by Crippen LogP contribution is -2.47. The fourth-order valence-electron chi connectivity index (χ4n) is 1.32. The highest BCUT2D eigenvalue weighted by atomic mass is 16.6. The minimum Gasteiger partial charge on any atom is -0.481 e. The molecule has 21 heavy (non-hydrogen) atoms. The van der Waals surface area contributed by atoms with Crippen molar-refractivity contribution < 1.29 is 54.2 Å². The van der Waals surface area contributed by atoms with E-state index in [1.165, 1.54) is 0 Å². The molecule has 0 fully saturated rings. The van der Waals surface area contributed by atoms with E-state index in [-0.39, 0.29) is 0 Å². The van der Waals surface area contributed by atoms with Crippen molar-refractivity contribution >= 4 is 29.8 Å². The normalized spacial score (nSPS) is 12.2. The van der Waals surface area contributed by atoms with Gasteiger partial charge < -0.3 is 30.3 Å². The summed E-state index contributed by atoms with van der Waals surface area (Å²) in [7, 11) is 0. The molecule has 5 N–H and O–H groups in total. The Morgan fingerprint density at radius 1 is 0.905 bits per heavy atom. The van der Waals surface area contributed by atoms with Crippen molar-refractivity contribution in [1.82, 2.24) is 0 Å². The molecule has 1 unspecified atom stereocenters. The molecule has 0 aromatic carbocycles. The van der Waals surface area contributed by atoms with Gasteiger partial charge in [-0.15, -0.1) is 0 Å². The Balaban J connectivity index is 5.24. The average Bonchev–Trinajstić information content (AvgIpc) is 2.25. The third-order valence-corrected chi connectivity index (χ3v) is 2.22. The summed E-state index contributed by atoms with van der Waals surface area (Å²) >= 11 is 0. The van der Waals surface area contributed by atoms with Crippen molar-refractivity contribution in [2.24, 2.45) is 0 Å². The Morgan fingerprint density at radius 2 is 1.33 bits per heavy atom. The Hall–Kier alpha value is -2.69. The van der Waals surface area contributed by atoms with Crippen LogP contribution < -0.4 is 0 Å². The maximum absolute atomic E-state index is 11.3. The molecule has 0 rings (SSSR count). The first-order valence-electron chi connectivity index (χ1n) is 5.30. The number of rotatable bonds is 9.